The summed E-state index contributed by atoms with van der Waals surface area (Å²) in [4.78, 5) is 0. The zero-order valence-electron chi connectivity index (χ0n) is 12.6. The first-order valence-electron chi connectivity index (χ1n) is 7.63. The first-order chi connectivity index (χ1) is 9.52. The first-order valence-corrected chi connectivity index (χ1v) is 7.63. The van der Waals surface area contributed by atoms with Crippen molar-refractivity contribution in [1.29, 1.82) is 0 Å². The van der Waals surface area contributed by atoms with Crippen LogP contribution in [-0.2, 0) is 6.42 Å². The van der Waals surface area contributed by atoms with Gasteiger partial charge in [-0.2, -0.15) is 0 Å². The predicted octanol–water partition coefficient (Wildman–Crippen LogP) is 2.82. The van der Waals surface area contributed by atoms with Crippen LogP contribution in [0.5, 0.6) is 5.75 Å². The molecule has 0 saturated heterocycles. The number of benzene rings is 1. The third-order valence-corrected chi connectivity index (χ3v) is 5.29. The van der Waals surface area contributed by atoms with Crippen molar-refractivity contribution in [2.24, 2.45) is 5.41 Å². The number of aliphatic hydroxyl groups excluding tert-OH is 1. The van der Waals surface area contributed by atoms with Crippen LogP contribution < -0.4 is 10.1 Å². The van der Waals surface area contributed by atoms with E-state index in [1.54, 1.807) is 7.11 Å². The molecule has 3 heteroatoms. The van der Waals surface area contributed by atoms with Crippen LogP contribution in [0.2, 0.25) is 0 Å². The van der Waals surface area contributed by atoms with Crippen molar-refractivity contribution in [1.82, 2.24) is 5.32 Å². The van der Waals surface area contributed by atoms with E-state index >= 15 is 0 Å². The van der Waals surface area contributed by atoms with Gasteiger partial charge < -0.3 is 15.2 Å². The minimum Gasteiger partial charge on any atom is -0.497 e. The number of aliphatic hydroxyl groups is 1. The lowest BCUT2D eigenvalue weighted by atomic mass is 9.64. The van der Waals surface area contributed by atoms with E-state index in [2.05, 4.69) is 37.4 Å². The SMILES string of the molecule is COc1ccc2c(c1)C(NC1CC(O)C1(C)C)CCC2. The van der Waals surface area contributed by atoms with Gasteiger partial charge in [0.15, 0.2) is 0 Å². The van der Waals surface area contributed by atoms with Gasteiger partial charge in [0.05, 0.1) is 13.2 Å². The van der Waals surface area contributed by atoms with Gasteiger partial charge in [-0.15, -0.1) is 0 Å². The monoisotopic (exact) mass is 275 g/mol. The van der Waals surface area contributed by atoms with E-state index in [9.17, 15) is 5.11 Å². The van der Waals surface area contributed by atoms with Crippen molar-refractivity contribution in [2.75, 3.05) is 7.11 Å². The van der Waals surface area contributed by atoms with Gasteiger partial charge >= 0.3 is 0 Å². The fourth-order valence-electron chi connectivity index (χ4n) is 3.51. The number of rotatable bonds is 3. The molecule has 3 rings (SSSR count). The van der Waals surface area contributed by atoms with Gasteiger partial charge in [0.1, 0.15) is 5.75 Å². The van der Waals surface area contributed by atoms with Gasteiger partial charge in [-0.3, -0.25) is 0 Å². The third kappa shape index (κ3) is 2.23. The van der Waals surface area contributed by atoms with Gasteiger partial charge in [0.25, 0.3) is 0 Å². The number of methoxy groups -OCH3 is 1. The Morgan fingerprint density at radius 1 is 1.35 bits per heavy atom. The van der Waals surface area contributed by atoms with Crippen LogP contribution in [0.4, 0.5) is 0 Å². The molecular weight excluding hydrogens is 250 g/mol. The van der Waals surface area contributed by atoms with Gasteiger partial charge in [-0.05, 0) is 48.9 Å². The Morgan fingerprint density at radius 2 is 2.15 bits per heavy atom. The Labute approximate surface area is 121 Å². The Bertz CT molecular complexity index is 498. The molecule has 0 aliphatic heterocycles. The second-order valence-corrected chi connectivity index (χ2v) is 6.80. The second kappa shape index (κ2) is 5.05. The highest BCUT2D eigenvalue weighted by molar-refractivity contribution is 5.39. The fourth-order valence-corrected chi connectivity index (χ4v) is 3.51. The largest absolute Gasteiger partial charge is 0.497 e. The smallest absolute Gasteiger partial charge is 0.119 e. The molecule has 0 amide bonds. The van der Waals surface area contributed by atoms with Crippen LogP contribution in [0, 0.1) is 5.41 Å². The van der Waals surface area contributed by atoms with Crippen molar-refractivity contribution in [3.63, 3.8) is 0 Å². The Hall–Kier alpha value is -1.06. The highest BCUT2D eigenvalue weighted by atomic mass is 16.5. The topological polar surface area (TPSA) is 41.5 Å². The molecule has 3 atom stereocenters. The van der Waals surface area contributed by atoms with Crippen molar-refractivity contribution in [3.8, 4) is 5.75 Å². The van der Waals surface area contributed by atoms with Gasteiger partial charge in [0, 0.05) is 17.5 Å². The quantitative estimate of drug-likeness (QED) is 0.891. The lowest BCUT2D eigenvalue weighted by Crippen LogP contribution is -2.60. The van der Waals surface area contributed by atoms with E-state index in [0.717, 1.165) is 18.6 Å². The van der Waals surface area contributed by atoms with Gasteiger partial charge in [0.2, 0.25) is 0 Å². The molecule has 3 unspecified atom stereocenters. The van der Waals surface area contributed by atoms with Crippen molar-refractivity contribution in [3.05, 3.63) is 29.3 Å². The number of ether oxygens (including phenoxy) is 1. The molecule has 20 heavy (non-hydrogen) atoms. The molecule has 0 spiro atoms. The summed E-state index contributed by atoms with van der Waals surface area (Å²) in [5.74, 6) is 0.936. The predicted molar refractivity (Wildman–Crippen MR) is 80.0 cm³/mol. The summed E-state index contributed by atoms with van der Waals surface area (Å²) >= 11 is 0. The molecule has 110 valence electrons. The molecule has 0 radical (unpaired) electrons. The number of hydrogen-bond acceptors (Lipinski definition) is 3. The van der Waals surface area contributed by atoms with Crippen molar-refractivity contribution < 1.29 is 9.84 Å². The molecule has 0 aromatic heterocycles. The minimum absolute atomic E-state index is 0.0174. The van der Waals surface area contributed by atoms with Crippen LogP contribution in [0.25, 0.3) is 0 Å². The molecule has 2 aliphatic carbocycles. The van der Waals surface area contributed by atoms with Crippen molar-refractivity contribution in [2.45, 2.75) is 57.7 Å². The summed E-state index contributed by atoms with van der Waals surface area (Å²) in [5, 5.41) is 13.7. The molecule has 1 fully saturated rings. The highest BCUT2D eigenvalue weighted by Crippen LogP contribution is 2.43. The Balaban J connectivity index is 1.80. The molecule has 0 bridgehead atoms. The molecule has 1 aromatic rings. The zero-order chi connectivity index (χ0) is 14.3. The van der Waals surface area contributed by atoms with Gasteiger partial charge in [-0.25, -0.2) is 0 Å². The molecule has 1 saturated carbocycles. The first kappa shape index (κ1) is 13.9. The van der Waals surface area contributed by atoms with Crippen LogP contribution in [0.1, 0.15) is 50.3 Å². The molecule has 2 aliphatic rings. The maximum Gasteiger partial charge on any atom is 0.119 e. The summed E-state index contributed by atoms with van der Waals surface area (Å²) in [7, 11) is 1.72. The third-order valence-electron chi connectivity index (χ3n) is 5.29. The number of hydrogen-bond donors (Lipinski definition) is 2. The van der Waals surface area contributed by atoms with Crippen molar-refractivity contribution >= 4 is 0 Å². The second-order valence-electron chi connectivity index (χ2n) is 6.80. The van der Waals surface area contributed by atoms with E-state index < -0.39 is 0 Å². The summed E-state index contributed by atoms with van der Waals surface area (Å²) in [6.07, 6.45) is 4.25. The maximum absolute atomic E-state index is 9.89. The maximum atomic E-state index is 9.89. The lowest BCUT2D eigenvalue weighted by Gasteiger charge is -2.51. The number of nitrogens with one attached hydrogen (secondary N) is 1. The van der Waals surface area contributed by atoms with E-state index in [1.165, 1.54) is 24.0 Å². The summed E-state index contributed by atoms with van der Waals surface area (Å²) in [6.45, 7) is 4.29. The highest BCUT2D eigenvalue weighted by Gasteiger charge is 2.48. The van der Waals surface area contributed by atoms with Crippen LogP contribution in [0.15, 0.2) is 18.2 Å². The molecule has 1 aromatic carbocycles. The van der Waals surface area contributed by atoms with E-state index in [4.69, 9.17) is 4.74 Å². The Kier molecular flexibility index (Phi) is 3.51. The van der Waals surface area contributed by atoms with E-state index in [0.29, 0.717) is 12.1 Å². The normalized spacial score (nSPS) is 31.3. The van der Waals surface area contributed by atoms with Gasteiger partial charge in [-0.1, -0.05) is 19.9 Å². The molecule has 0 heterocycles. The number of fused-ring (bicyclic) bond motifs is 1. The fraction of sp³-hybridized carbons (Fsp3) is 0.647. The van der Waals surface area contributed by atoms with E-state index in [-0.39, 0.29) is 11.5 Å². The minimum atomic E-state index is -0.173. The van der Waals surface area contributed by atoms with Crippen LogP contribution in [0.3, 0.4) is 0 Å². The van der Waals surface area contributed by atoms with Crippen LogP contribution >= 0.6 is 0 Å². The molecule has 3 nitrogen and oxygen atoms in total. The molecule has 2 N–H and O–H groups in total. The summed E-state index contributed by atoms with van der Waals surface area (Å²) < 4.78 is 5.36. The summed E-state index contributed by atoms with van der Waals surface area (Å²) in [5.41, 5.74) is 2.80. The Morgan fingerprint density at radius 3 is 2.80 bits per heavy atom. The zero-order valence-corrected chi connectivity index (χ0v) is 12.6. The summed E-state index contributed by atoms with van der Waals surface area (Å²) in [6, 6.07) is 7.22. The lowest BCUT2D eigenvalue weighted by molar-refractivity contribution is -0.0766. The average Bonchev–Trinajstić information content (AvgIpc) is 2.46. The standard InChI is InChI=1S/C17H25NO2/c1-17(2)15(10-16(17)19)18-14-6-4-5-11-7-8-12(20-3)9-13(11)14/h7-9,14-16,18-19H,4-6,10H2,1-3H3. The average molecular weight is 275 g/mol. The molecular formula is C17H25NO2. The van der Waals surface area contributed by atoms with E-state index in [1.807, 2.05) is 0 Å². The van der Waals surface area contributed by atoms with Crippen LogP contribution in [-0.4, -0.2) is 24.4 Å². The number of aryl methyl sites for hydroxylation is 1.